The highest BCUT2D eigenvalue weighted by molar-refractivity contribution is 7.90. The van der Waals surface area contributed by atoms with Gasteiger partial charge in [-0.15, -0.1) is 11.3 Å². The number of urea groups is 1. The van der Waals surface area contributed by atoms with Gasteiger partial charge in [-0.3, -0.25) is 5.32 Å². The summed E-state index contributed by atoms with van der Waals surface area (Å²) in [6, 6.07) is 15.2. The summed E-state index contributed by atoms with van der Waals surface area (Å²) >= 11 is 1.29. The molecule has 0 saturated heterocycles. The summed E-state index contributed by atoms with van der Waals surface area (Å²) in [6.45, 7) is 0. The van der Waals surface area contributed by atoms with Crippen molar-refractivity contribution >= 4 is 38.0 Å². The number of amides is 2. The maximum Gasteiger partial charge on any atom is 0.325 e. The van der Waals surface area contributed by atoms with E-state index in [2.05, 4.69) is 15.6 Å². The van der Waals surface area contributed by atoms with Crippen LogP contribution in [0.5, 0.6) is 0 Å². The van der Waals surface area contributed by atoms with E-state index in [1.165, 1.54) is 11.3 Å². The Bertz CT molecular complexity index is 981. The molecular weight excluding hydrogens is 358 g/mol. The largest absolute Gasteiger partial charge is 0.325 e. The molecule has 128 valence electrons. The summed E-state index contributed by atoms with van der Waals surface area (Å²) in [5.41, 5.74) is 2.13. The number of benzene rings is 2. The molecule has 0 spiro atoms. The van der Waals surface area contributed by atoms with Gasteiger partial charge in [-0.2, -0.15) is 0 Å². The van der Waals surface area contributed by atoms with Crippen molar-refractivity contribution in [2.24, 2.45) is 0 Å². The predicted octanol–water partition coefficient (Wildman–Crippen LogP) is 3.86. The fourth-order valence-electron chi connectivity index (χ4n) is 2.12. The van der Waals surface area contributed by atoms with Crippen molar-refractivity contribution in [2.45, 2.75) is 4.90 Å². The summed E-state index contributed by atoms with van der Waals surface area (Å²) in [4.78, 5) is 16.6. The number of thiazole rings is 1. The molecule has 1 aromatic heterocycles. The molecule has 8 heteroatoms. The SMILES string of the molecule is CS(=O)(=O)c1ccc(-c2csc(NC(=O)Nc3ccccc3)n2)cc1. The molecule has 1 heterocycles. The predicted molar refractivity (Wildman–Crippen MR) is 99.7 cm³/mol. The van der Waals surface area contributed by atoms with Gasteiger partial charge in [0.2, 0.25) is 0 Å². The van der Waals surface area contributed by atoms with Crippen LogP contribution in [-0.2, 0) is 9.84 Å². The van der Waals surface area contributed by atoms with Crippen LogP contribution >= 0.6 is 11.3 Å². The van der Waals surface area contributed by atoms with E-state index in [1.807, 2.05) is 18.2 Å². The van der Waals surface area contributed by atoms with E-state index in [1.54, 1.807) is 41.8 Å². The lowest BCUT2D eigenvalue weighted by molar-refractivity contribution is 0.262. The van der Waals surface area contributed by atoms with Gasteiger partial charge in [0.25, 0.3) is 0 Å². The second-order valence-corrected chi connectivity index (χ2v) is 8.15. The molecule has 0 atom stereocenters. The molecule has 2 aromatic carbocycles. The number of hydrogen-bond acceptors (Lipinski definition) is 5. The van der Waals surface area contributed by atoms with Gasteiger partial charge in [0.05, 0.1) is 10.6 Å². The number of rotatable bonds is 4. The van der Waals surface area contributed by atoms with Crippen molar-refractivity contribution in [3.63, 3.8) is 0 Å². The summed E-state index contributed by atoms with van der Waals surface area (Å²) in [6.07, 6.45) is 1.16. The number of nitrogens with one attached hydrogen (secondary N) is 2. The Morgan fingerprint density at radius 3 is 2.32 bits per heavy atom. The molecular formula is C17H15N3O3S2. The molecule has 0 fully saturated rings. The van der Waals surface area contributed by atoms with Crippen molar-refractivity contribution < 1.29 is 13.2 Å². The third kappa shape index (κ3) is 4.43. The Balaban J connectivity index is 1.69. The average Bonchev–Trinajstić information content (AvgIpc) is 3.03. The lowest BCUT2D eigenvalue weighted by Gasteiger charge is -2.04. The third-order valence-corrected chi connectivity index (χ3v) is 5.22. The van der Waals surface area contributed by atoms with E-state index in [0.29, 0.717) is 16.5 Å². The van der Waals surface area contributed by atoms with Gasteiger partial charge in [-0.05, 0) is 24.3 Å². The number of nitrogens with zero attached hydrogens (tertiary/aromatic N) is 1. The zero-order valence-corrected chi connectivity index (χ0v) is 14.9. The first-order chi connectivity index (χ1) is 11.9. The maximum atomic E-state index is 12.0. The molecule has 3 rings (SSSR count). The number of carbonyl (C=O) groups excluding carboxylic acids is 1. The number of aromatic nitrogens is 1. The van der Waals surface area contributed by atoms with Crippen molar-refractivity contribution in [1.82, 2.24) is 4.98 Å². The first-order valence-electron chi connectivity index (χ1n) is 7.31. The van der Waals surface area contributed by atoms with E-state index >= 15 is 0 Å². The normalized spacial score (nSPS) is 11.1. The van der Waals surface area contributed by atoms with Gasteiger partial charge in [-0.1, -0.05) is 30.3 Å². The monoisotopic (exact) mass is 373 g/mol. The molecule has 0 bridgehead atoms. The fraction of sp³-hybridized carbons (Fsp3) is 0.0588. The van der Waals surface area contributed by atoms with Crippen molar-refractivity contribution in [3.05, 3.63) is 60.0 Å². The molecule has 0 aliphatic heterocycles. The highest BCUT2D eigenvalue weighted by Gasteiger charge is 2.10. The van der Waals surface area contributed by atoms with E-state index in [4.69, 9.17) is 0 Å². The van der Waals surface area contributed by atoms with Crippen LogP contribution in [0.2, 0.25) is 0 Å². The quantitative estimate of drug-likeness (QED) is 0.727. The van der Waals surface area contributed by atoms with Crippen molar-refractivity contribution in [2.75, 3.05) is 16.9 Å². The molecule has 2 amide bonds. The molecule has 3 aromatic rings. The summed E-state index contributed by atoms with van der Waals surface area (Å²) in [7, 11) is -3.23. The van der Waals surface area contributed by atoms with Gasteiger partial charge >= 0.3 is 6.03 Å². The zero-order valence-electron chi connectivity index (χ0n) is 13.3. The maximum absolute atomic E-state index is 12.0. The van der Waals surface area contributed by atoms with Gasteiger partial charge in [-0.25, -0.2) is 18.2 Å². The highest BCUT2D eigenvalue weighted by atomic mass is 32.2. The van der Waals surface area contributed by atoms with Gasteiger partial charge in [0.15, 0.2) is 15.0 Å². The highest BCUT2D eigenvalue weighted by Crippen LogP contribution is 2.26. The van der Waals surface area contributed by atoms with Crippen molar-refractivity contribution in [3.8, 4) is 11.3 Å². The van der Waals surface area contributed by atoms with E-state index in [0.717, 1.165) is 11.8 Å². The zero-order chi connectivity index (χ0) is 17.9. The minimum Gasteiger partial charge on any atom is -0.308 e. The summed E-state index contributed by atoms with van der Waals surface area (Å²) in [5, 5.41) is 7.64. The summed E-state index contributed by atoms with van der Waals surface area (Å²) < 4.78 is 23.0. The standard InChI is InChI=1S/C17H15N3O3S2/c1-25(22,23)14-9-7-12(8-10-14)15-11-24-17(19-15)20-16(21)18-13-5-3-2-4-6-13/h2-11H,1H3,(H2,18,19,20,21). The Morgan fingerprint density at radius 2 is 1.68 bits per heavy atom. The van der Waals surface area contributed by atoms with Crippen LogP contribution in [0.15, 0.2) is 64.9 Å². The minimum absolute atomic E-state index is 0.257. The van der Waals surface area contributed by atoms with Gasteiger partial charge in [0, 0.05) is 22.9 Å². The lowest BCUT2D eigenvalue weighted by Crippen LogP contribution is -2.19. The Kier molecular flexibility index (Phi) is 4.82. The number of carbonyl (C=O) groups is 1. The molecule has 0 aliphatic carbocycles. The molecule has 0 radical (unpaired) electrons. The first-order valence-corrected chi connectivity index (χ1v) is 10.1. The van der Waals surface area contributed by atoms with E-state index in [9.17, 15) is 13.2 Å². The first kappa shape index (κ1) is 17.1. The molecule has 0 aliphatic rings. The Labute approximate surface area is 149 Å². The second-order valence-electron chi connectivity index (χ2n) is 5.28. The van der Waals surface area contributed by atoms with Crippen LogP contribution in [0.3, 0.4) is 0 Å². The van der Waals surface area contributed by atoms with Gasteiger partial charge < -0.3 is 5.32 Å². The topological polar surface area (TPSA) is 88.2 Å². The molecule has 0 saturated carbocycles. The van der Waals surface area contributed by atoms with E-state index < -0.39 is 9.84 Å². The Morgan fingerprint density at radius 1 is 1.00 bits per heavy atom. The van der Waals surface area contributed by atoms with E-state index in [-0.39, 0.29) is 10.9 Å². The number of anilines is 2. The molecule has 2 N–H and O–H groups in total. The second kappa shape index (κ2) is 7.04. The van der Waals surface area contributed by atoms with Crippen LogP contribution in [0.25, 0.3) is 11.3 Å². The van der Waals surface area contributed by atoms with Crippen LogP contribution in [0, 0.1) is 0 Å². The Hall–Kier alpha value is -2.71. The number of hydrogen-bond donors (Lipinski definition) is 2. The van der Waals surface area contributed by atoms with Crippen LogP contribution < -0.4 is 10.6 Å². The smallest absolute Gasteiger partial charge is 0.308 e. The van der Waals surface area contributed by atoms with Crippen LogP contribution in [0.1, 0.15) is 0 Å². The third-order valence-electron chi connectivity index (χ3n) is 3.33. The lowest BCUT2D eigenvalue weighted by atomic mass is 10.2. The minimum atomic E-state index is -3.23. The molecule has 0 unspecified atom stereocenters. The van der Waals surface area contributed by atoms with Crippen LogP contribution in [0.4, 0.5) is 15.6 Å². The summed E-state index contributed by atoms with van der Waals surface area (Å²) in [5.74, 6) is 0. The molecule has 25 heavy (non-hydrogen) atoms. The number of sulfone groups is 1. The van der Waals surface area contributed by atoms with Crippen molar-refractivity contribution in [1.29, 1.82) is 0 Å². The van der Waals surface area contributed by atoms with Gasteiger partial charge in [0.1, 0.15) is 0 Å². The fourth-order valence-corrected chi connectivity index (χ4v) is 3.46. The average molecular weight is 373 g/mol. The number of para-hydroxylation sites is 1. The van der Waals surface area contributed by atoms with Crippen LogP contribution in [-0.4, -0.2) is 25.7 Å². The molecule has 6 nitrogen and oxygen atoms in total.